The van der Waals surface area contributed by atoms with Crippen LogP contribution in [0, 0.1) is 0 Å². The zero-order chi connectivity index (χ0) is 15.8. The molecule has 0 aliphatic heterocycles. The van der Waals surface area contributed by atoms with Crippen LogP contribution in [0.1, 0.15) is 18.2 Å². The van der Waals surface area contributed by atoms with Crippen molar-refractivity contribution in [2.45, 2.75) is 20.0 Å². The molecule has 2 rings (SSSR count). The van der Waals surface area contributed by atoms with E-state index in [0.29, 0.717) is 13.2 Å². The van der Waals surface area contributed by atoms with Crippen LogP contribution < -0.4 is 10.1 Å². The molecule has 0 fully saturated rings. The average Bonchev–Trinajstić information content (AvgIpc) is 3.03. The highest BCUT2D eigenvalue weighted by atomic mass is 16.5. The highest BCUT2D eigenvalue weighted by Gasteiger charge is 2.07. The fourth-order valence-corrected chi connectivity index (χ4v) is 2.17. The SMILES string of the molecule is CCOc1ccc(CN(C)C(=NC)NCc2ccco2)cc1. The third-order valence-corrected chi connectivity index (χ3v) is 3.23. The summed E-state index contributed by atoms with van der Waals surface area (Å²) in [6.07, 6.45) is 1.67. The number of rotatable bonds is 6. The predicted octanol–water partition coefficient (Wildman–Crippen LogP) is 2.89. The summed E-state index contributed by atoms with van der Waals surface area (Å²) in [5.74, 6) is 2.61. The van der Waals surface area contributed by atoms with Crippen LogP contribution in [-0.2, 0) is 13.1 Å². The Morgan fingerprint density at radius 2 is 2.05 bits per heavy atom. The minimum Gasteiger partial charge on any atom is -0.494 e. The van der Waals surface area contributed by atoms with Crippen molar-refractivity contribution in [3.8, 4) is 5.75 Å². The summed E-state index contributed by atoms with van der Waals surface area (Å²) >= 11 is 0. The number of benzene rings is 1. The Bertz CT molecular complexity index is 576. The molecule has 1 aromatic carbocycles. The van der Waals surface area contributed by atoms with Gasteiger partial charge in [0.1, 0.15) is 11.5 Å². The Balaban J connectivity index is 1.89. The van der Waals surface area contributed by atoms with Gasteiger partial charge in [0.05, 0.1) is 19.4 Å². The van der Waals surface area contributed by atoms with E-state index < -0.39 is 0 Å². The van der Waals surface area contributed by atoms with Crippen molar-refractivity contribution in [3.05, 3.63) is 54.0 Å². The summed E-state index contributed by atoms with van der Waals surface area (Å²) in [5, 5.41) is 3.28. The Morgan fingerprint density at radius 3 is 2.64 bits per heavy atom. The number of nitrogens with zero attached hydrogens (tertiary/aromatic N) is 2. The smallest absolute Gasteiger partial charge is 0.194 e. The van der Waals surface area contributed by atoms with Gasteiger partial charge in [0.25, 0.3) is 0 Å². The molecule has 0 bridgehead atoms. The van der Waals surface area contributed by atoms with E-state index in [0.717, 1.165) is 24.0 Å². The molecule has 1 N–H and O–H groups in total. The first-order valence-corrected chi connectivity index (χ1v) is 7.38. The number of hydrogen-bond acceptors (Lipinski definition) is 3. The average molecular weight is 301 g/mol. The molecule has 5 heteroatoms. The molecule has 0 unspecified atom stereocenters. The summed E-state index contributed by atoms with van der Waals surface area (Å²) in [6.45, 7) is 4.05. The van der Waals surface area contributed by atoms with Gasteiger partial charge in [0, 0.05) is 20.6 Å². The Hall–Kier alpha value is -2.43. The number of aliphatic imine (C=N–C) groups is 1. The Kier molecular flexibility index (Phi) is 5.89. The molecule has 0 aliphatic rings. The number of nitrogens with one attached hydrogen (secondary N) is 1. The minimum atomic E-state index is 0.618. The van der Waals surface area contributed by atoms with Gasteiger partial charge in [-0.3, -0.25) is 4.99 Å². The van der Waals surface area contributed by atoms with E-state index >= 15 is 0 Å². The summed E-state index contributed by atoms with van der Waals surface area (Å²) in [4.78, 5) is 6.36. The van der Waals surface area contributed by atoms with E-state index in [1.807, 2.05) is 38.2 Å². The summed E-state index contributed by atoms with van der Waals surface area (Å²) in [7, 11) is 3.78. The minimum absolute atomic E-state index is 0.618. The van der Waals surface area contributed by atoms with Crippen LogP contribution in [0.5, 0.6) is 5.75 Å². The number of furan rings is 1. The third kappa shape index (κ3) is 4.55. The van der Waals surface area contributed by atoms with Gasteiger partial charge in [-0.15, -0.1) is 0 Å². The van der Waals surface area contributed by atoms with E-state index in [-0.39, 0.29) is 0 Å². The standard InChI is InChI=1S/C17H23N3O2/c1-4-21-15-9-7-14(8-10-15)13-20(3)17(18-2)19-12-16-6-5-11-22-16/h5-11H,4,12-13H2,1-3H3,(H,18,19). The lowest BCUT2D eigenvalue weighted by Gasteiger charge is -2.22. The van der Waals surface area contributed by atoms with Crippen LogP contribution in [0.4, 0.5) is 0 Å². The van der Waals surface area contributed by atoms with E-state index in [9.17, 15) is 0 Å². The van der Waals surface area contributed by atoms with Crippen molar-refractivity contribution >= 4 is 5.96 Å². The lowest BCUT2D eigenvalue weighted by atomic mass is 10.2. The van der Waals surface area contributed by atoms with Gasteiger partial charge in [-0.1, -0.05) is 12.1 Å². The lowest BCUT2D eigenvalue weighted by molar-refractivity contribution is 0.340. The molecular formula is C17H23N3O2. The van der Waals surface area contributed by atoms with Crippen LogP contribution in [0.3, 0.4) is 0 Å². The number of guanidine groups is 1. The second-order valence-electron chi connectivity index (χ2n) is 4.91. The Labute approximate surface area is 131 Å². The maximum atomic E-state index is 5.45. The van der Waals surface area contributed by atoms with Crippen LogP contribution in [0.25, 0.3) is 0 Å². The Morgan fingerprint density at radius 1 is 1.27 bits per heavy atom. The van der Waals surface area contributed by atoms with E-state index in [2.05, 4.69) is 27.3 Å². The van der Waals surface area contributed by atoms with Crippen molar-refractivity contribution in [2.75, 3.05) is 20.7 Å². The van der Waals surface area contributed by atoms with Crippen LogP contribution >= 0.6 is 0 Å². The third-order valence-electron chi connectivity index (χ3n) is 3.23. The second kappa shape index (κ2) is 8.12. The molecule has 0 atom stereocenters. The van der Waals surface area contributed by atoms with Gasteiger partial charge in [0.2, 0.25) is 0 Å². The second-order valence-corrected chi connectivity index (χ2v) is 4.91. The topological polar surface area (TPSA) is 50.0 Å². The zero-order valence-corrected chi connectivity index (χ0v) is 13.4. The molecule has 2 aromatic rings. The molecule has 22 heavy (non-hydrogen) atoms. The maximum Gasteiger partial charge on any atom is 0.194 e. The molecule has 0 aliphatic carbocycles. The highest BCUT2D eigenvalue weighted by molar-refractivity contribution is 5.79. The fraction of sp³-hybridized carbons (Fsp3) is 0.353. The maximum absolute atomic E-state index is 5.45. The van der Waals surface area contributed by atoms with Crippen LogP contribution in [0.15, 0.2) is 52.1 Å². The highest BCUT2D eigenvalue weighted by Crippen LogP contribution is 2.13. The van der Waals surface area contributed by atoms with E-state index in [1.54, 1.807) is 13.3 Å². The van der Waals surface area contributed by atoms with Gasteiger partial charge < -0.3 is 19.4 Å². The fourth-order valence-electron chi connectivity index (χ4n) is 2.17. The lowest BCUT2D eigenvalue weighted by Crippen LogP contribution is -2.37. The molecule has 0 saturated heterocycles. The van der Waals surface area contributed by atoms with Gasteiger partial charge in [0.15, 0.2) is 5.96 Å². The van der Waals surface area contributed by atoms with Crippen molar-refractivity contribution in [2.24, 2.45) is 4.99 Å². The molecule has 1 heterocycles. The normalized spacial score (nSPS) is 11.3. The number of hydrogen-bond donors (Lipinski definition) is 1. The molecular weight excluding hydrogens is 278 g/mol. The van der Waals surface area contributed by atoms with E-state index in [1.165, 1.54) is 5.56 Å². The zero-order valence-electron chi connectivity index (χ0n) is 13.4. The van der Waals surface area contributed by atoms with Gasteiger partial charge >= 0.3 is 0 Å². The molecule has 0 spiro atoms. The van der Waals surface area contributed by atoms with Crippen molar-refractivity contribution in [1.82, 2.24) is 10.2 Å². The van der Waals surface area contributed by atoms with Crippen LogP contribution in [0.2, 0.25) is 0 Å². The first-order chi connectivity index (χ1) is 10.7. The van der Waals surface area contributed by atoms with Crippen molar-refractivity contribution in [3.63, 3.8) is 0 Å². The first-order valence-electron chi connectivity index (χ1n) is 7.38. The molecule has 0 saturated carbocycles. The quantitative estimate of drug-likeness (QED) is 0.658. The van der Waals surface area contributed by atoms with Gasteiger partial charge in [-0.2, -0.15) is 0 Å². The first kappa shape index (κ1) is 15.9. The summed E-state index contributed by atoms with van der Waals surface area (Å²) in [5.41, 5.74) is 1.20. The summed E-state index contributed by atoms with van der Waals surface area (Å²) < 4.78 is 10.8. The van der Waals surface area contributed by atoms with Crippen LogP contribution in [-0.4, -0.2) is 31.6 Å². The largest absolute Gasteiger partial charge is 0.494 e. The number of ether oxygens (including phenoxy) is 1. The van der Waals surface area contributed by atoms with Crippen molar-refractivity contribution in [1.29, 1.82) is 0 Å². The molecule has 118 valence electrons. The van der Waals surface area contributed by atoms with Gasteiger partial charge in [-0.25, -0.2) is 0 Å². The van der Waals surface area contributed by atoms with Gasteiger partial charge in [-0.05, 0) is 36.8 Å². The molecule has 0 amide bonds. The summed E-state index contributed by atoms with van der Waals surface area (Å²) in [6, 6.07) is 11.9. The molecule has 1 aromatic heterocycles. The predicted molar refractivity (Wildman–Crippen MR) is 88.0 cm³/mol. The molecule has 0 radical (unpaired) electrons. The monoisotopic (exact) mass is 301 g/mol. The van der Waals surface area contributed by atoms with E-state index in [4.69, 9.17) is 9.15 Å². The van der Waals surface area contributed by atoms with Crippen molar-refractivity contribution < 1.29 is 9.15 Å². The molecule has 5 nitrogen and oxygen atoms in total.